The Balaban J connectivity index is 2.45. The first-order valence-corrected chi connectivity index (χ1v) is 8.09. The van der Waals surface area contributed by atoms with Gasteiger partial charge in [-0.15, -0.1) is 0 Å². The summed E-state index contributed by atoms with van der Waals surface area (Å²) in [4.78, 5) is 2.74. The highest BCUT2D eigenvalue weighted by Gasteiger charge is 2.30. The molecule has 108 valence electrons. The van der Waals surface area contributed by atoms with Gasteiger partial charge in [0.2, 0.25) is 0 Å². The van der Waals surface area contributed by atoms with Gasteiger partial charge < -0.3 is 5.32 Å². The molecule has 1 N–H and O–H groups in total. The van der Waals surface area contributed by atoms with E-state index in [0.29, 0.717) is 12.1 Å². The first kappa shape index (κ1) is 16.0. The number of hydrogen-bond acceptors (Lipinski definition) is 2. The third-order valence-corrected chi connectivity index (χ3v) is 4.77. The predicted octanol–water partition coefficient (Wildman–Crippen LogP) is 3.66. The SMILES string of the molecule is CCCCCC(C)N1CC(C(C)CC)NCC1C. The van der Waals surface area contributed by atoms with Crippen molar-refractivity contribution in [3.05, 3.63) is 0 Å². The van der Waals surface area contributed by atoms with Crippen LogP contribution in [0.5, 0.6) is 0 Å². The van der Waals surface area contributed by atoms with E-state index in [1.165, 1.54) is 38.6 Å². The standard InChI is InChI=1S/C16H34N2/c1-6-8-9-10-14(4)18-12-16(13(3)7-2)17-11-15(18)5/h13-17H,6-12H2,1-5H3. The van der Waals surface area contributed by atoms with Crippen molar-refractivity contribution in [1.82, 2.24) is 10.2 Å². The fraction of sp³-hybridized carbons (Fsp3) is 1.00. The molecule has 0 bridgehead atoms. The Kier molecular flexibility index (Phi) is 7.25. The molecule has 1 fully saturated rings. The van der Waals surface area contributed by atoms with Gasteiger partial charge in [0.1, 0.15) is 0 Å². The zero-order chi connectivity index (χ0) is 13.5. The quantitative estimate of drug-likeness (QED) is 0.698. The minimum Gasteiger partial charge on any atom is -0.311 e. The third-order valence-electron chi connectivity index (χ3n) is 4.77. The topological polar surface area (TPSA) is 15.3 Å². The van der Waals surface area contributed by atoms with Gasteiger partial charge in [-0.2, -0.15) is 0 Å². The average molecular weight is 254 g/mol. The van der Waals surface area contributed by atoms with Crippen molar-refractivity contribution in [3.8, 4) is 0 Å². The third kappa shape index (κ3) is 4.55. The van der Waals surface area contributed by atoms with Crippen LogP contribution >= 0.6 is 0 Å². The molecule has 2 heteroatoms. The summed E-state index contributed by atoms with van der Waals surface area (Å²) in [7, 11) is 0. The van der Waals surface area contributed by atoms with Crippen LogP contribution in [0.25, 0.3) is 0 Å². The zero-order valence-electron chi connectivity index (χ0n) is 13.2. The van der Waals surface area contributed by atoms with E-state index < -0.39 is 0 Å². The number of unbranched alkanes of at least 4 members (excludes halogenated alkanes) is 2. The van der Waals surface area contributed by atoms with Crippen molar-refractivity contribution in [2.75, 3.05) is 13.1 Å². The molecule has 0 radical (unpaired) electrons. The van der Waals surface area contributed by atoms with Crippen LogP contribution in [0.15, 0.2) is 0 Å². The van der Waals surface area contributed by atoms with E-state index in [1.54, 1.807) is 0 Å². The first-order valence-electron chi connectivity index (χ1n) is 8.09. The van der Waals surface area contributed by atoms with Gasteiger partial charge in [0.25, 0.3) is 0 Å². The summed E-state index contributed by atoms with van der Waals surface area (Å²) >= 11 is 0. The summed E-state index contributed by atoms with van der Waals surface area (Å²) in [5.74, 6) is 0.794. The summed E-state index contributed by atoms with van der Waals surface area (Å²) in [6.07, 6.45) is 6.76. The van der Waals surface area contributed by atoms with Crippen molar-refractivity contribution in [2.45, 2.75) is 84.8 Å². The lowest BCUT2D eigenvalue weighted by atomic mass is 9.94. The van der Waals surface area contributed by atoms with Gasteiger partial charge in [-0.05, 0) is 26.2 Å². The molecule has 0 aliphatic carbocycles. The van der Waals surface area contributed by atoms with Gasteiger partial charge in [-0.25, -0.2) is 0 Å². The smallest absolute Gasteiger partial charge is 0.0221 e. The van der Waals surface area contributed by atoms with Crippen LogP contribution in [0.3, 0.4) is 0 Å². The fourth-order valence-corrected chi connectivity index (χ4v) is 3.05. The van der Waals surface area contributed by atoms with E-state index in [2.05, 4.69) is 44.8 Å². The van der Waals surface area contributed by atoms with Crippen LogP contribution in [-0.2, 0) is 0 Å². The second kappa shape index (κ2) is 8.16. The molecule has 0 aromatic rings. The van der Waals surface area contributed by atoms with Crippen LogP contribution in [0.4, 0.5) is 0 Å². The lowest BCUT2D eigenvalue weighted by Crippen LogP contribution is -2.59. The molecule has 18 heavy (non-hydrogen) atoms. The van der Waals surface area contributed by atoms with Crippen LogP contribution in [0.1, 0.15) is 66.7 Å². The zero-order valence-corrected chi connectivity index (χ0v) is 13.2. The summed E-state index contributed by atoms with van der Waals surface area (Å²) in [5, 5.41) is 3.73. The second-order valence-electron chi connectivity index (χ2n) is 6.29. The van der Waals surface area contributed by atoms with Crippen LogP contribution in [-0.4, -0.2) is 36.1 Å². The Morgan fingerprint density at radius 3 is 2.56 bits per heavy atom. The average Bonchev–Trinajstić information content (AvgIpc) is 2.38. The van der Waals surface area contributed by atoms with Gasteiger partial charge in [-0.1, -0.05) is 46.5 Å². The number of piperazine rings is 1. The highest BCUT2D eigenvalue weighted by molar-refractivity contribution is 4.88. The fourth-order valence-electron chi connectivity index (χ4n) is 3.05. The Labute approximate surface area is 115 Å². The monoisotopic (exact) mass is 254 g/mol. The molecule has 1 aliphatic heterocycles. The summed E-state index contributed by atoms with van der Waals surface area (Å²) in [5.41, 5.74) is 0. The van der Waals surface area contributed by atoms with Crippen LogP contribution in [0.2, 0.25) is 0 Å². The Hall–Kier alpha value is -0.0800. The number of nitrogens with one attached hydrogen (secondary N) is 1. The molecular formula is C16H34N2. The van der Waals surface area contributed by atoms with Crippen LogP contribution in [0, 0.1) is 5.92 Å². The van der Waals surface area contributed by atoms with Gasteiger partial charge in [0.15, 0.2) is 0 Å². The largest absolute Gasteiger partial charge is 0.311 e. The maximum absolute atomic E-state index is 3.73. The summed E-state index contributed by atoms with van der Waals surface area (Å²) in [6, 6.07) is 2.14. The van der Waals surface area contributed by atoms with E-state index in [-0.39, 0.29) is 0 Å². The maximum atomic E-state index is 3.73. The van der Waals surface area contributed by atoms with Crippen molar-refractivity contribution in [3.63, 3.8) is 0 Å². The van der Waals surface area contributed by atoms with E-state index in [0.717, 1.165) is 18.5 Å². The number of rotatable bonds is 7. The van der Waals surface area contributed by atoms with Crippen molar-refractivity contribution in [2.24, 2.45) is 5.92 Å². The van der Waals surface area contributed by atoms with Crippen molar-refractivity contribution < 1.29 is 0 Å². The van der Waals surface area contributed by atoms with E-state index in [9.17, 15) is 0 Å². The maximum Gasteiger partial charge on any atom is 0.0221 e. The van der Waals surface area contributed by atoms with E-state index in [4.69, 9.17) is 0 Å². The van der Waals surface area contributed by atoms with Gasteiger partial charge in [0.05, 0.1) is 0 Å². The predicted molar refractivity (Wildman–Crippen MR) is 81.0 cm³/mol. The van der Waals surface area contributed by atoms with Gasteiger partial charge in [0, 0.05) is 31.2 Å². The lowest BCUT2D eigenvalue weighted by molar-refractivity contribution is 0.0772. The highest BCUT2D eigenvalue weighted by Crippen LogP contribution is 2.20. The molecule has 1 heterocycles. The summed E-state index contributed by atoms with van der Waals surface area (Å²) < 4.78 is 0. The normalized spacial score (nSPS) is 29.2. The first-order chi connectivity index (χ1) is 8.60. The van der Waals surface area contributed by atoms with Gasteiger partial charge in [-0.3, -0.25) is 4.90 Å². The molecule has 0 spiro atoms. The summed E-state index contributed by atoms with van der Waals surface area (Å²) in [6.45, 7) is 14.2. The molecule has 0 aromatic carbocycles. The Morgan fingerprint density at radius 2 is 1.94 bits per heavy atom. The molecule has 1 saturated heterocycles. The lowest BCUT2D eigenvalue weighted by Gasteiger charge is -2.44. The van der Waals surface area contributed by atoms with Crippen LogP contribution < -0.4 is 5.32 Å². The number of nitrogens with zero attached hydrogens (tertiary/aromatic N) is 1. The minimum absolute atomic E-state index is 0.694. The minimum atomic E-state index is 0.694. The van der Waals surface area contributed by atoms with Gasteiger partial charge >= 0.3 is 0 Å². The number of hydrogen-bond donors (Lipinski definition) is 1. The molecule has 1 aliphatic rings. The van der Waals surface area contributed by atoms with E-state index in [1.807, 2.05) is 0 Å². The molecule has 2 nitrogen and oxygen atoms in total. The molecule has 0 aromatic heterocycles. The molecule has 1 rings (SSSR count). The second-order valence-corrected chi connectivity index (χ2v) is 6.29. The molecule has 0 amide bonds. The molecule has 4 unspecified atom stereocenters. The molecular weight excluding hydrogens is 220 g/mol. The van der Waals surface area contributed by atoms with Crippen molar-refractivity contribution >= 4 is 0 Å². The molecule has 4 atom stereocenters. The highest BCUT2D eigenvalue weighted by atomic mass is 15.2. The Morgan fingerprint density at radius 1 is 1.22 bits per heavy atom. The Bertz CT molecular complexity index is 217. The molecule has 0 saturated carbocycles. The van der Waals surface area contributed by atoms with E-state index >= 15 is 0 Å². The van der Waals surface area contributed by atoms with Crippen molar-refractivity contribution in [1.29, 1.82) is 0 Å².